The monoisotopic (exact) mass is 275 g/mol. The molecule has 1 aromatic heterocycles. The Morgan fingerprint density at radius 1 is 1.50 bits per heavy atom. The summed E-state index contributed by atoms with van der Waals surface area (Å²) in [4.78, 5) is 17.1. The lowest BCUT2D eigenvalue weighted by Crippen LogP contribution is -2.43. The van der Waals surface area contributed by atoms with Crippen LogP contribution >= 0.6 is 0 Å². The number of non-ortho nitro benzene ring substituents is 1. The molecule has 0 spiro atoms. The van der Waals surface area contributed by atoms with Crippen molar-refractivity contribution >= 4 is 22.7 Å². The van der Waals surface area contributed by atoms with Gasteiger partial charge in [-0.3, -0.25) is 10.1 Å². The molecule has 1 aliphatic heterocycles. The van der Waals surface area contributed by atoms with Crippen LogP contribution < -0.4 is 10.6 Å². The van der Waals surface area contributed by atoms with Crippen molar-refractivity contribution < 1.29 is 4.92 Å². The standard InChI is InChI=1S/C13H17N5O2/c1-16-12-5-4-10(18(19)20)7-11(12)15-13(16)17-6-2-3-9(14)8-17/h4-5,7,9H,2-3,6,8,14H2,1H3/t9-/m1/s1. The number of anilines is 1. The molecule has 20 heavy (non-hydrogen) atoms. The zero-order valence-electron chi connectivity index (χ0n) is 11.3. The molecule has 1 fully saturated rings. The minimum absolute atomic E-state index is 0.0671. The summed E-state index contributed by atoms with van der Waals surface area (Å²) in [7, 11) is 1.93. The summed E-state index contributed by atoms with van der Waals surface area (Å²) in [5.41, 5.74) is 7.61. The van der Waals surface area contributed by atoms with Crippen molar-refractivity contribution in [2.75, 3.05) is 18.0 Å². The van der Waals surface area contributed by atoms with Gasteiger partial charge in [0.05, 0.1) is 16.0 Å². The van der Waals surface area contributed by atoms with E-state index in [1.807, 2.05) is 11.6 Å². The highest BCUT2D eigenvalue weighted by molar-refractivity contribution is 5.81. The molecule has 1 aliphatic rings. The Labute approximate surface area is 116 Å². The van der Waals surface area contributed by atoms with Crippen LogP contribution in [0.2, 0.25) is 0 Å². The number of hydrogen-bond donors (Lipinski definition) is 1. The van der Waals surface area contributed by atoms with Crippen LogP contribution in [-0.4, -0.2) is 33.6 Å². The second-order valence-corrected chi connectivity index (χ2v) is 5.25. The number of fused-ring (bicyclic) bond motifs is 1. The van der Waals surface area contributed by atoms with Gasteiger partial charge in [-0.1, -0.05) is 0 Å². The van der Waals surface area contributed by atoms with Crippen LogP contribution in [0.1, 0.15) is 12.8 Å². The number of nitrogens with two attached hydrogens (primary N) is 1. The Balaban J connectivity index is 2.03. The Hall–Kier alpha value is -2.15. The van der Waals surface area contributed by atoms with E-state index in [1.165, 1.54) is 12.1 Å². The molecule has 1 atom stereocenters. The minimum atomic E-state index is -0.398. The van der Waals surface area contributed by atoms with Crippen LogP contribution in [0.3, 0.4) is 0 Å². The number of nitrogens with zero attached hydrogens (tertiary/aromatic N) is 4. The van der Waals surface area contributed by atoms with E-state index in [2.05, 4.69) is 9.88 Å². The van der Waals surface area contributed by atoms with Gasteiger partial charge in [-0.25, -0.2) is 4.98 Å². The SMILES string of the molecule is Cn1c(N2CCC[C@@H](N)C2)nc2cc([N+](=O)[O-])ccc21. The lowest BCUT2D eigenvalue weighted by molar-refractivity contribution is -0.384. The number of aromatic nitrogens is 2. The molecule has 2 aromatic rings. The third-order valence-electron chi connectivity index (χ3n) is 3.79. The van der Waals surface area contributed by atoms with Crippen molar-refractivity contribution in [3.8, 4) is 0 Å². The van der Waals surface area contributed by atoms with Gasteiger partial charge in [0.1, 0.15) is 0 Å². The summed E-state index contributed by atoms with van der Waals surface area (Å²) in [5.74, 6) is 0.829. The molecule has 0 unspecified atom stereocenters. The number of nitro benzene ring substituents is 1. The topological polar surface area (TPSA) is 90.2 Å². The predicted octanol–water partition coefficient (Wildman–Crippen LogP) is 1.41. The molecule has 2 heterocycles. The number of hydrogen-bond acceptors (Lipinski definition) is 5. The van der Waals surface area contributed by atoms with Gasteiger partial charge in [0, 0.05) is 38.3 Å². The van der Waals surface area contributed by atoms with E-state index in [9.17, 15) is 10.1 Å². The summed E-state index contributed by atoms with van der Waals surface area (Å²) in [6.07, 6.45) is 2.08. The normalized spacial score (nSPS) is 19.5. The van der Waals surface area contributed by atoms with E-state index in [0.29, 0.717) is 5.52 Å². The second kappa shape index (κ2) is 4.75. The summed E-state index contributed by atoms with van der Waals surface area (Å²) < 4.78 is 1.97. The number of benzene rings is 1. The third-order valence-corrected chi connectivity index (χ3v) is 3.79. The number of imidazole rings is 1. The molecule has 7 nitrogen and oxygen atoms in total. The van der Waals surface area contributed by atoms with Gasteiger partial charge in [0.25, 0.3) is 5.69 Å². The molecule has 1 saturated heterocycles. The molecule has 7 heteroatoms. The van der Waals surface area contributed by atoms with Gasteiger partial charge in [-0.15, -0.1) is 0 Å². The smallest absolute Gasteiger partial charge is 0.271 e. The van der Waals surface area contributed by atoms with Gasteiger partial charge >= 0.3 is 0 Å². The van der Waals surface area contributed by atoms with Crippen LogP contribution in [0.4, 0.5) is 11.6 Å². The first-order valence-corrected chi connectivity index (χ1v) is 6.67. The van der Waals surface area contributed by atoms with Crippen molar-refractivity contribution in [2.45, 2.75) is 18.9 Å². The molecular weight excluding hydrogens is 258 g/mol. The van der Waals surface area contributed by atoms with Crippen LogP contribution in [0.25, 0.3) is 11.0 Å². The van der Waals surface area contributed by atoms with Crippen molar-refractivity contribution in [2.24, 2.45) is 12.8 Å². The minimum Gasteiger partial charge on any atom is -0.341 e. The average molecular weight is 275 g/mol. The first kappa shape index (κ1) is 12.9. The summed E-state index contributed by atoms with van der Waals surface area (Å²) in [5, 5.41) is 10.8. The molecule has 106 valence electrons. The van der Waals surface area contributed by atoms with E-state index in [1.54, 1.807) is 6.07 Å². The number of rotatable bonds is 2. The summed E-state index contributed by atoms with van der Waals surface area (Å²) in [6.45, 7) is 1.70. The van der Waals surface area contributed by atoms with Crippen molar-refractivity contribution in [3.63, 3.8) is 0 Å². The molecular formula is C13H17N5O2. The zero-order chi connectivity index (χ0) is 14.3. The van der Waals surface area contributed by atoms with E-state index in [0.717, 1.165) is 37.4 Å². The highest BCUT2D eigenvalue weighted by Gasteiger charge is 2.22. The quantitative estimate of drug-likeness (QED) is 0.661. The summed E-state index contributed by atoms with van der Waals surface area (Å²) >= 11 is 0. The Morgan fingerprint density at radius 2 is 2.30 bits per heavy atom. The van der Waals surface area contributed by atoms with Crippen LogP contribution in [-0.2, 0) is 7.05 Å². The lowest BCUT2D eigenvalue weighted by Gasteiger charge is -2.31. The molecule has 0 saturated carbocycles. The fourth-order valence-electron chi connectivity index (χ4n) is 2.76. The fraction of sp³-hybridized carbons (Fsp3) is 0.462. The Morgan fingerprint density at radius 3 is 3.00 bits per heavy atom. The van der Waals surface area contributed by atoms with Gasteiger partial charge in [-0.2, -0.15) is 0 Å². The van der Waals surface area contributed by atoms with Gasteiger partial charge in [0.2, 0.25) is 5.95 Å². The number of nitro groups is 1. The lowest BCUT2D eigenvalue weighted by atomic mass is 10.1. The highest BCUT2D eigenvalue weighted by Crippen LogP contribution is 2.26. The first-order valence-electron chi connectivity index (χ1n) is 6.67. The van der Waals surface area contributed by atoms with E-state index in [4.69, 9.17) is 5.73 Å². The molecule has 0 aliphatic carbocycles. The van der Waals surface area contributed by atoms with Gasteiger partial charge < -0.3 is 15.2 Å². The van der Waals surface area contributed by atoms with Gasteiger partial charge in [0.15, 0.2) is 0 Å². The molecule has 0 bridgehead atoms. The Bertz CT molecular complexity index is 666. The molecule has 1 aromatic carbocycles. The third kappa shape index (κ3) is 2.09. The predicted molar refractivity (Wildman–Crippen MR) is 76.8 cm³/mol. The number of piperidine rings is 1. The summed E-state index contributed by atoms with van der Waals surface area (Å²) in [6, 6.07) is 4.93. The Kier molecular flexibility index (Phi) is 3.06. The molecule has 2 N–H and O–H groups in total. The van der Waals surface area contributed by atoms with Crippen molar-refractivity contribution in [1.82, 2.24) is 9.55 Å². The average Bonchev–Trinajstić information content (AvgIpc) is 2.75. The maximum atomic E-state index is 10.8. The maximum absolute atomic E-state index is 10.8. The van der Waals surface area contributed by atoms with Crippen LogP contribution in [0.5, 0.6) is 0 Å². The van der Waals surface area contributed by atoms with E-state index in [-0.39, 0.29) is 11.7 Å². The van der Waals surface area contributed by atoms with Gasteiger partial charge in [-0.05, 0) is 18.9 Å². The fourth-order valence-corrected chi connectivity index (χ4v) is 2.76. The number of aryl methyl sites for hydroxylation is 1. The first-order chi connectivity index (χ1) is 9.56. The highest BCUT2D eigenvalue weighted by atomic mass is 16.6. The van der Waals surface area contributed by atoms with E-state index >= 15 is 0 Å². The largest absolute Gasteiger partial charge is 0.341 e. The molecule has 0 radical (unpaired) electrons. The second-order valence-electron chi connectivity index (χ2n) is 5.25. The zero-order valence-corrected chi connectivity index (χ0v) is 11.3. The van der Waals surface area contributed by atoms with Crippen LogP contribution in [0.15, 0.2) is 18.2 Å². The maximum Gasteiger partial charge on any atom is 0.271 e. The molecule has 3 rings (SSSR count). The van der Waals surface area contributed by atoms with Crippen molar-refractivity contribution in [1.29, 1.82) is 0 Å². The molecule has 0 amide bonds. The van der Waals surface area contributed by atoms with E-state index < -0.39 is 4.92 Å². The van der Waals surface area contributed by atoms with Crippen LogP contribution in [0, 0.1) is 10.1 Å². The van der Waals surface area contributed by atoms with Crippen molar-refractivity contribution in [3.05, 3.63) is 28.3 Å².